The Morgan fingerprint density at radius 2 is 0.827 bits per heavy atom. The molecular formula is C66H107NO8. The average molecular weight is 1040 g/mol. The van der Waals surface area contributed by atoms with E-state index in [1.54, 1.807) is 0 Å². The van der Waals surface area contributed by atoms with Gasteiger partial charge in [-0.15, -0.1) is 0 Å². The number of unbranched alkanes of at least 4 members (excludes halogenated alkanes) is 14. The van der Waals surface area contributed by atoms with Crippen LogP contribution in [0.3, 0.4) is 0 Å². The molecule has 1 amide bonds. The van der Waals surface area contributed by atoms with E-state index < -0.39 is 49.5 Å². The highest BCUT2D eigenvalue weighted by Gasteiger charge is 2.44. The predicted molar refractivity (Wildman–Crippen MR) is 317 cm³/mol. The van der Waals surface area contributed by atoms with Crippen LogP contribution in [0.25, 0.3) is 0 Å². The summed E-state index contributed by atoms with van der Waals surface area (Å²) in [5.74, 6) is -0.193. The van der Waals surface area contributed by atoms with Gasteiger partial charge in [0.2, 0.25) is 5.91 Å². The molecular weight excluding hydrogens is 935 g/mol. The Labute approximate surface area is 457 Å². The summed E-state index contributed by atoms with van der Waals surface area (Å²) in [6.07, 6.45) is 76.0. The maximum atomic E-state index is 13.0. The number of hydrogen-bond donors (Lipinski definition) is 6. The summed E-state index contributed by atoms with van der Waals surface area (Å²) >= 11 is 0. The van der Waals surface area contributed by atoms with Crippen LogP contribution >= 0.6 is 0 Å². The SMILES string of the molecule is CC/C=C\C/C=C\C/C=C\C/C=C\C/C=C\C/C=C\C/C=C\C/C=C\C/C=C\C/C=C\C/C=C\C/C=C\CCCCC(=O)NC(COC1OC(CO)C(O)C(O)C1O)C(O)CCCCCCCCCCCCCCC. The van der Waals surface area contributed by atoms with Crippen LogP contribution in [0.1, 0.15) is 206 Å². The van der Waals surface area contributed by atoms with Gasteiger partial charge in [-0.3, -0.25) is 4.79 Å². The molecule has 6 N–H and O–H groups in total. The average Bonchev–Trinajstić information content (AvgIpc) is 3.41. The van der Waals surface area contributed by atoms with Crippen molar-refractivity contribution in [2.45, 2.75) is 249 Å². The van der Waals surface area contributed by atoms with Crippen LogP contribution in [0.4, 0.5) is 0 Å². The van der Waals surface area contributed by atoms with E-state index in [9.17, 15) is 30.3 Å². The highest BCUT2D eigenvalue weighted by atomic mass is 16.7. The lowest BCUT2D eigenvalue weighted by Gasteiger charge is -2.40. The van der Waals surface area contributed by atoms with E-state index >= 15 is 0 Å². The molecule has 1 heterocycles. The van der Waals surface area contributed by atoms with E-state index in [2.05, 4.69) is 165 Å². The molecule has 9 nitrogen and oxygen atoms in total. The Hall–Kier alpha value is -3.93. The fourth-order valence-corrected chi connectivity index (χ4v) is 8.32. The smallest absolute Gasteiger partial charge is 0.220 e. The topological polar surface area (TPSA) is 149 Å². The van der Waals surface area contributed by atoms with E-state index in [1.807, 2.05) is 0 Å². The molecule has 7 atom stereocenters. The number of carbonyl (C=O) groups is 1. The molecule has 1 aliphatic heterocycles. The van der Waals surface area contributed by atoms with Crippen LogP contribution in [-0.2, 0) is 14.3 Å². The van der Waals surface area contributed by atoms with Crippen molar-refractivity contribution in [2.24, 2.45) is 0 Å². The number of aliphatic hydroxyl groups excluding tert-OH is 5. The number of allylic oxidation sites excluding steroid dienone is 24. The first-order valence-corrected chi connectivity index (χ1v) is 29.5. The third kappa shape index (κ3) is 42.8. The Morgan fingerprint density at radius 1 is 0.467 bits per heavy atom. The monoisotopic (exact) mass is 1040 g/mol. The molecule has 0 aromatic heterocycles. The molecule has 75 heavy (non-hydrogen) atoms. The van der Waals surface area contributed by atoms with Gasteiger partial charge < -0.3 is 40.3 Å². The summed E-state index contributed by atoms with van der Waals surface area (Å²) < 4.78 is 11.3. The van der Waals surface area contributed by atoms with Crippen LogP contribution in [0, 0.1) is 0 Å². The van der Waals surface area contributed by atoms with Crippen molar-refractivity contribution >= 4 is 5.91 Å². The van der Waals surface area contributed by atoms with Crippen molar-refractivity contribution in [1.29, 1.82) is 0 Å². The fraction of sp³-hybridized carbons (Fsp3) is 0.621. The van der Waals surface area contributed by atoms with Crippen LogP contribution in [0.2, 0.25) is 0 Å². The zero-order valence-corrected chi connectivity index (χ0v) is 47.0. The molecule has 0 aromatic carbocycles. The van der Waals surface area contributed by atoms with Gasteiger partial charge >= 0.3 is 0 Å². The summed E-state index contributed by atoms with van der Waals surface area (Å²) in [4.78, 5) is 13.0. The van der Waals surface area contributed by atoms with Crippen molar-refractivity contribution < 1.29 is 39.8 Å². The van der Waals surface area contributed by atoms with Crippen molar-refractivity contribution in [2.75, 3.05) is 13.2 Å². The van der Waals surface area contributed by atoms with E-state index in [0.717, 1.165) is 109 Å². The first-order valence-electron chi connectivity index (χ1n) is 29.5. The van der Waals surface area contributed by atoms with Gasteiger partial charge in [0.25, 0.3) is 0 Å². The summed E-state index contributed by atoms with van der Waals surface area (Å²) in [7, 11) is 0. The Balaban J connectivity index is 2.21. The maximum absolute atomic E-state index is 13.0. The zero-order chi connectivity index (χ0) is 54.3. The van der Waals surface area contributed by atoms with Gasteiger partial charge in [-0.1, -0.05) is 243 Å². The molecule has 0 bridgehead atoms. The number of hydrogen-bond acceptors (Lipinski definition) is 8. The van der Waals surface area contributed by atoms with Gasteiger partial charge in [-0.25, -0.2) is 0 Å². The van der Waals surface area contributed by atoms with E-state index in [4.69, 9.17) is 9.47 Å². The van der Waals surface area contributed by atoms with Crippen LogP contribution in [-0.4, -0.2) is 87.5 Å². The van der Waals surface area contributed by atoms with Crippen LogP contribution in [0.15, 0.2) is 146 Å². The number of carbonyl (C=O) groups excluding carboxylic acids is 1. The van der Waals surface area contributed by atoms with Crippen LogP contribution < -0.4 is 5.32 Å². The number of amides is 1. The molecule has 1 rings (SSSR count). The van der Waals surface area contributed by atoms with Gasteiger partial charge in [-0.05, 0) is 103 Å². The summed E-state index contributed by atoms with van der Waals surface area (Å²) in [5, 5.41) is 54.5. The van der Waals surface area contributed by atoms with Gasteiger partial charge in [0.1, 0.15) is 24.4 Å². The predicted octanol–water partition coefficient (Wildman–Crippen LogP) is 15.1. The van der Waals surface area contributed by atoms with E-state index in [0.29, 0.717) is 19.3 Å². The fourth-order valence-electron chi connectivity index (χ4n) is 8.32. The third-order valence-corrected chi connectivity index (χ3v) is 13.0. The Kier molecular flexibility index (Phi) is 49.2. The lowest BCUT2D eigenvalue weighted by atomic mass is 9.99. The summed E-state index contributed by atoms with van der Waals surface area (Å²) in [6, 6.07) is -0.752. The molecule has 0 aromatic rings. The molecule has 0 aliphatic carbocycles. The Morgan fingerprint density at radius 3 is 1.20 bits per heavy atom. The molecule has 424 valence electrons. The summed E-state index contributed by atoms with van der Waals surface area (Å²) in [5.41, 5.74) is 0. The molecule has 1 aliphatic rings. The quantitative estimate of drug-likeness (QED) is 0.0261. The number of rotatable bonds is 48. The van der Waals surface area contributed by atoms with Crippen molar-refractivity contribution in [3.05, 3.63) is 146 Å². The van der Waals surface area contributed by atoms with Gasteiger partial charge in [-0.2, -0.15) is 0 Å². The molecule has 0 radical (unpaired) electrons. The standard InChI is InChI=1S/C66H107NO8/c1-3-5-7-9-11-13-15-17-18-19-20-21-22-23-24-25-26-27-28-29-30-31-32-33-34-35-36-37-38-39-40-41-42-44-46-48-50-52-54-56-62(70)67-59(58-74-66-65(73)64(72)63(71)61(57-68)75-66)60(69)55-53-51-49-47-45-43-16-14-12-10-8-6-4-2/h5,7,11,13,17-18,20-21,23-24,26-27,29-30,32-33,35-36,38-39,41-42,46,48,59-61,63-66,68-69,71-73H,3-4,6,8-10,12,14-16,19,22,25,28,31,34,37,40,43-45,47,49-58H2,1-2H3,(H,67,70)/b7-5-,13-11-,18-17-,21-20-,24-23-,27-26-,30-29-,33-32-,36-35-,39-38-,42-41-,48-46-. The minimum absolute atomic E-state index is 0.165. The minimum Gasteiger partial charge on any atom is -0.394 e. The molecule has 0 saturated carbocycles. The molecule has 1 saturated heterocycles. The maximum Gasteiger partial charge on any atom is 0.220 e. The lowest BCUT2D eigenvalue weighted by Crippen LogP contribution is -2.60. The molecule has 1 fully saturated rings. The van der Waals surface area contributed by atoms with Gasteiger partial charge in [0, 0.05) is 6.42 Å². The zero-order valence-electron chi connectivity index (χ0n) is 47.0. The van der Waals surface area contributed by atoms with Crippen molar-refractivity contribution in [1.82, 2.24) is 5.32 Å². The van der Waals surface area contributed by atoms with Gasteiger partial charge in [0.05, 0.1) is 25.4 Å². The highest BCUT2D eigenvalue weighted by Crippen LogP contribution is 2.23. The second-order valence-electron chi connectivity index (χ2n) is 19.7. The second-order valence-corrected chi connectivity index (χ2v) is 19.7. The molecule has 7 unspecified atom stereocenters. The molecule has 0 spiro atoms. The van der Waals surface area contributed by atoms with E-state index in [1.165, 1.54) is 64.2 Å². The largest absolute Gasteiger partial charge is 0.394 e. The Bertz CT molecular complexity index is 1680. The van der Waals surface area contributed by atoms with Gasteiger partial charge in [0.15, 0.2) is 6.29 Å². The van der Waals surface area contributed by atoms with Crippen LogP contribution in [0.5, 0.6) is 0 Å². The number of aliphatic hydroxyl groups is 5. The highest BCUT2D eigenvalue weighted by molar-refractivity contribution is 5.76. The first-order chi connectivity index (χ1) is 36.8. The number of ether oxygens (including phenoxy) is 2. The minimum atomic E-state index is -1.57. The number of nitrogens with one attached hydrogen (secondary N) is 1. The van der Waals surface area contributed by atoms with Crippen molar-refractivity contribution in [3.8, 4) is 0 Å². The summed E-state index contributed by atoms with van der Waals surface area (Å²) in [6.45, 7) is 3.68. The molecule has 9 heteroatoms. The lowest BCUT2D eigenvalue weighted by molar-refractivity contribution is -0.302. The second kappa shape index (κ2) is 53.5. The normalized spacial score (nSPS) is 20.0. The van der Waals surface area contributed by atoms with E-state index in [-0.39, 0.29) is 12.5 Å². The first kappa shape index (κ1) is 69.1. The third-order valence-electron chi connectivity index (χ3n) is 13.0. The van der Waals surface area contributed by atoms with Crippen molar-refractivity contribution in [3.63, 3.8) is 0 Å².